The highest BCUT2D eigenvalue weighted by Gasteiger charge is 2.59. The van der Waals surface area contributed by atoms with E-state index in [9.17, 15) is 9.59 Å². The molecule has 4 rings (SSSR count). The van der Waals surface area contributed by atoms with Crippen LogP contribution in [0.15, 0.2) is 11.6 Å². The largest absolute Gasteiger partial charge is 0.462 e. The third kappa shape index (κ3) is 11.5. The number of esters is 1. The lowest BCUT2D eigenvalue weighted by molar-refractivity contribution is -0.152. The molecule has 3 fully saturated rings. The smallest absolute Gasteiger partial charge is 0.308 e. The fourth-order valence-electron chi connectivity index (χ4n) is 10.2. The van der Waals surface area contributed by atoms with Gasteiger partial charge in [0.05, 0.1) is 64.6 Å². The molecule has 3 saturated carbocycles. The van der Waals surface area contributed by atoms with E-state index in [1.807, 2.05) is 0 Å². The van der Waals surface area contributed by atoms with E-state index in [0.717, 1.165) is 54.8 Å². The van der Waals surface area contributed by atoms with E-state index in [4.69, 9.17) is 23.7 Å². The predicted octanol–water partition coefficient (Wildman–Crippen LogP) is 7.91. The molecule has 0 aromatic rings. The van der Waals surface area contributed by atoms with Crippen molar-refractivity contribution >= 4 is 27.8 Å². The van der Waals surface area contributed by atoms with E-state index in [1.165, 1.54) is 51.4 Å². The Morgan fingerprint density at radius 2 is 1.53 bits per heavy atom. The topological polar surface area (TPSA) is 92.3 Å². The zero-order valence-electron chi connectivity index (χ0n) is 31.4. The Balaban J connectivity index is 1.07. The molecule has 0 saturated heterocycles. The third-order valence-electron chi connectivity index (χ3n) is 12.8. The summed E-state index contributed by atoms with van der Waals surface area (Å²) in [6.45, 7) is 16.6. The lowest BCUT2D eigenvalue weighted by Crippen LogP contribution is -2.51. The van der Waals surface area contributed by atoms with Crippen LogP contribution in [-0.2, 0) is 33.3 Å². The Morgan fingerprint density at radius 3 is 2.20 bits per heavy atom. The van der Waals surface area contributed by atoms with E-state index in [0.29, 0.717) is 70.1 Å². The fourth-order valence-corrected chi connectivity index (χ4v) is 10.4. The van der Waals surface area contributed by atoms with Crippen LogP contribution >= 0.6 is 15.9 Å². The molecule has 0 aromatic carbocycles. The van der Waals surface area contributed by atoms with Crippen LogP contribution < -0.4 is 5.32 Å². The van der Waals surface area contributed by atoms with Crippen LogP contribution in [0.2, 0.25) is 0 Å². The first-order valence-electron chi connectivity index (χ1n) is 19.6. The van der Waals surface area contributed by atoms with Gasteiger partial charge in [-0.25, -0.2) is 0 Å². The van der Waals surface area contributed by atoms with Gasteiger partial charge in [0, 0.05) is 13.0 Å². The summed E-state index contributed by atoms with van der Waals surface area (Å²) in [6.07, 6.45) is 16.9. The van der Waals surface area contributed by atoms with Crippen LogP contribution in [0.4, 0.5) is 0 Å². The molecular formula is C40H68BrNO7. The van der Waals surface area contributed by atoms with Gasteiger partial charge in [-0.05, 0) is 91.3 Å². The van der Waals surface area contributed by atoms with Gasteiger partial charge >= 0.3 is 5.97 Å². The van der Waals surface area contributed by atoms with Gasteiger partial charge in [0.2, 0.25) is 5.91 Å². The van der Waals surface area contributed by atoms with Crippen LogP contribution in [-0.4, -0.2) is 82.7 Å². The summed E-state index contributed by atoms with van der Waals surface area (Å²) in [4.78, 5) is 23.8. The highest BCUT2D eigenvalue weighted by molar-refractivity contribution is 9.09. The van der Waals surface area contributed by atoms with Crippen molar-refractivity contribution in [2.24, 2.45) is 46.3 Å². The third-order valence-corrected chi connectivity index (χ3v) is 13.3. The molecule has 4 aliphatic rings. The minimum absolute atomic E-state index is 0.00592. The fraction of sp³-hybridized carbons (Fsp3) is 0.900. The highest BCUT2D eigenvalue weighted by atomic mass is 79.9. The number of amides is 1. The van der Waals surface area contributed by atoms with Crippen molar-refractivity contribution in [1.82, 2.24) is 5.32 Å². The number of ether oxygens (including phenoxy) is 5. The van der Waals surface area contributed by atoms with Gasteiger partial charge in [0.15, 0.2) is 0 Å². The van der Waals surface area contributed by atoms with Crippen molar-refractivity contribution in [2.75, 3.05) is 64.7 Å². The van der Waals surface area contributed by atoms with Crippen molar-refractivity contribution in [2.45, 2.75) is 118 Å². The monoisotopic (exact) mass is 753 g/mol. The van der Waals surface area contributed by atoms with Gasteiger partial charge in [-0.15, -0.1) is 0 Å². The number of hydrogen-bond acceptors (Lipinski definition) is 7. The number of carbonyl (C=O) groups excluding carboxylic acids is 2. The van der Waals surface area contributed by atoms with Crippen molar-refractivity contribution in [1.29, 1.82) is 0 Å². The number of rotatable bonds is 22. The maximum atomic E-state index is 12.7. The number of fused-ring (bicyclic) bond motifs is 5. The van der Waals surface area contributed by atoms with Gasteiger partial charge < -0.3 is 29.0 Å². The summed E-state index contributed by atoms with van der Waals surface area (Å²) in [5.41, 5.74) is 2.35. The van der Waals surface area contributed by atoms with Gasteiger partial charge in [0.1, 0.15) is 6.10 Å². The quantitative estimate of drug-likeness (QED) is 0.0520. The number of hydrogen-bond donors (Lipinski definition) is 1. The highest BCUT2D eigenvalue weighted by Crippen LogP contribution is 2.67. The summed E-state index contributed by atoms with van der Waals surface area (Å²) in [6, 6.07) is 0. The number of allylic oxidation sites excluding steroid dienone is 1. The number of carbonyl (C=O) groups is 2. The molecule has 0 bridgehead atoms. The Labute approximate surface area is 306 Å². The minimum Gasteiger partial charge on any atom is -0.462 e. The van der Waals surface area contributed by atoms with E-state index in [-0.39, 0.29) is 29.8 Å². The van der Waals surface area contributed by atoms with Gasteiger partial charge in [-0.3, -0.25) is 9.59 Å². The number of nitrogens with one attached hydrogen (secondary N) is 1. The summed E-state index contributed by atoms with van der Waals surface area (Å²) >= 11 is 3.10. The first kappa shape index (κ1) is 40.8. The molecule has 0 radical (unpaired) electrons. The SMILES string of the molecule is CC(C)CCCC(C)C1CCC2C3CC=C4CC(OC(=O)CCOCCOCCOCCOCCNC(=O)CBr)CCC4(C)C3CCC12C. The molecule has 8 nitrogen and oxygen atoms in total. The Hall–Kier alpha value is -1.00. The molecule has 1 N–H and O–H groups in total. The van der Waals surface area contributed by atoms with Crippen molar-refractivity contribution in [3.05, 3.63) is 11.6 Å². The molecular weight excluding hydrogens is 686 g/mol. The van der Waals surface area contributed by atoms with Crippen molar-refractivity contribution in [3.8, 4) is 0 Å². The zero-order chi connectivity index (χ0) is 35.3. The summed E-state index contributed by atoms with van der Waals surface area (Å²) in [5, 5.41) is 3.02. The summed E-state index contributed by atoms with van der Waals surface area (Å²) in [7, 11) is 0. The van der Waals surface area contributed by atoms with E-state index in [2.05, 4.69) is 61.9 Å². The Morgan fingerprint density at radius 1 is 0.857 bits per heavy atom. The first-order valence-corrected chi connectivity index (χ1v) is 20.7. The first-order chi connectivity index (χ1) is 23.6. The van der Waals surface area contributed by atoms with E-state index < -0.39 is 0 Å². The average Bonchev–Trinajstić information content (AvgIpc) is 3.43. The zero-order valence-corrected chi connectivity index (χ0v) is 33.0. The maximum absolute atomic E-state index is 12.7. The van der Waals surface area contributed by atoms with Gasteiger partial charge in [-0.2, -0.15) is 0 Å². The molecule has 8 unspecified atom stereocenters. The van der Waals surface area contributed by atoms with Crippen LogP contribution in [0.25, 0.3) is 0 Å². The molecule has 282 valence electrons. The molecule has 9 heteroatoms. The Bertz CT molecular complexity index is 1050. The second kappa shape index (κ2) is 20.3. The molecule has 0 aromatic heterocycles. The molecule has 8 atom stereocenters. The van der Waals surface area contributed by atoms with Gasteiger partial charge in [-0.1, -0.05) is 81.5 Å². The lowest BCUT2D eigenvalue weighted by Gasteiger charge is -2.58. The minimum atomic E-state index is -0.155. The van der Waals surface area contributed by atoms with Crippen LogP contribution in [0.3, 0.4) is 0 Å². The van der Waals surface area contributed by atoms with Gasteiger partial charge in [0.25, 0.3) is 0 Å². The van der Waals surface area contributed by atoms with Crippen LogP contribution in [0.5, 0.6) is 0 Å². The van der Waals surface area contributed by atoms with Crippen molar-refractivity contribution in [3.63, 3.8) is 0 Å². The Kier molecular flexibility index (Phi) is 16.9. The standard InChI is InChI=1S/C40H68BrNO7/c1-29(2)7-6-8-30(3)34-11-12-35-33-10-9-31-27-32(13-16-39(31,4)36(33)14-17-40(34,35)5)49-38(44)15-19-45-21-23-47-25-26-48-24-22-46-20-18-42-37(43)28-41/h9,29-30,32-36H,6-8,10-28H2,1-5H3,(H,42,43). The normalized spacial score (nSPS) is 31.4. The van der Waals surface area contributed by atoms with E-state index >= 15 is 0 Å². The van der Waals surface area contributed by atoms with E-state index in [1.54, 1.807) is 5.57 Å². The molecule has 1 amide bonds. The summed E-state index contributed by atoms with van der Waals surface area (Å²) in [5.74, 6) is 4.83. The molecule has 0 heterocycles. The summed E-state index contributed by atoms with van der Waals surface area (Å²) < 4.78 is 28.0. The second-order valence-corrected chi connectivity index (χ2v) is 16.9. The molecule has 0 aliphatic heterocycles. The lowest BCUT2D eigenvalue weighted by atomic mass is 9.47. The molecule has 49 heavy (non-hydrogen) atoms. The van der Waals surface area contributed by atoms with Crippen molar-refractivity contribution < 1.29 is 33.3 Å². The number of halogens is 1. The molecule has 4 aliphatic carbocycles. The van der Waals surface area contributed by atoms with Crippen LogP contribution in [0, 0.1) is 46.3 Å². The average molecular weight is 755 g/mol. The second-order valence-electron chi connectivity index (χ2n) is 16.3. The predicted molar refractivity (Wildman–Crippen MR) is 198 cm³/mol. The number of alkyl halides is 1. The molecule has 0 spiro atoms. The van der Waals surface area contributed by atoms with Crippen LogP contribution in [0.1, 0.15) is 112 Å². The maximum Gasteiger partial charge on any atom is 0.308 e.